The summed E-state index contributed by atoms with van der Waals surface area (Å²) < 4.78 is 6.17. The van der Waals surface area contributed by atoms with Gasteiger partial charge in [0.25, 0.3) is 0 Å². The van der Waals surface area contributed by atoms with Crippen molar-refractivity contribution in [2.45, 2.75) is 63.9 Å². The molecule has 1 aliphatic rings. The van der Waals surface area contributed by atoms with Gasteiger partial charge < -0.3 is 10.1 Å². The summed E-state index contributed by atoms with van der Waals surface area (Å²) in [7, 11) is 0. The second-order valence-electron chi connectivity index (χ2n) is 7.50. The third-order valence-corrected chi connectivity index (χ3v) is 7.45. The highest BCUT2D eigenvalue weighted by Gasteiger charge is 2.33. The van der Waals surface area contributed by atoms with Crippen LogP contribution in [-0.2, 0) is 24.3 Å². The molecule has 4 nitrogen and oxygen atoms in total. The fourth-order valence-corrected chi connectivity index (χ4v) is 5.31. The average molecular weight is 414 g/mol. The van der Waals surface area contributed by atoms with Gasteiger partial charge in [-0.25, -0.2) is 9.97 Å². The SMILES string of the molecule is CCCSc1nc(NCc2ccccc2)c2c3c(sc2n1)CO[C@](C)(CC)C3. The molecule has 3 heterocycles. The normalized spacial score (nSPS) is 19.0. The zero-order valence-corrected chi connectivity index (χ0v) is 18.4. The quantitative estimate of drug-likeness (QED) is 0.377. The minimum Gasteiger partial charge on any atom is -0.369 e. The van der Waals surface area contributed by atoms with Crippen molar-refractivity contribution in [2.24, 2.45) is 0 Å². The number of rotatable bonds is 7. The zero-order chi connectivity index (χ0) is 19.6. The van der Waals surface area contributed by atoms with Crippen molar-refractivity contribution in [1.29, 1.82) is 0 Å². The lowest BCUT2D eigenvalue weighted by molar-refractivity contribution is -0.0542. The maximum atomic E-state index is 6.17. The van der Waals surface area contributed by atoms with E-state index < -0.39 is 0 Å². The number of nitrogens with one attached hydrogen (secondary N) is 1. The van der Waals surface area contributed by atoms with Gasteiger partial charge in [-0.2, -0.15) is 0 Å². The van der Waals surface area contributed by atoms with Crippen molar-refractivity contribution in [3.63, 3.8) is 0 Å². The molecule has 6 heteroatoms. The molecule has 28 heavy (non-hydrogen) atoms. The van der Waals surface area contributed by atoms with Crippen molar-refractivity contribution in [2.75, 3.05) is 11.1 Å². The van der Waals surface area contributed by atoms with Crippen LogP contribution in [0.15, 0.2) is 35.5 Å². The molecule has 0 aliphatic carbocycles. The predicted octanol–water partition coefficient (Wildman–Crippen LogP) is 6.05. The fourth-order valence-electron chi connectivity index (χ4n) is 3.45. The van der Waals surface area contributed by atoms with Crippen LogP contribution in [0.2, 0.25) is 0 Å². The first-order chi connectivity index (χ1) is 13.6. The standard InChI is InChI=1S/C22H27N3OS2/c1-4-11-27-21-24-19(23-13-15-9-7-6-8-10-15)18-16-12-22(3,5-2)26-14-17(16)28-20(18)25-21/h6-10H,4-5,11-14H2,1-3H3,(H,23,24,25)/t22-/m1/s1. The maximum absolute atomic E-state index is 6.17. The smallest absolute Gasteiger partial charge is 0.190 e. The van der Waals surface area contributed by atoms with E-state index >= 15 is 0 Å². The number of thiophene rings is 1. The van der Waals surface area contributed by atoms with Gasteiger partial charge in [0, 0.05) is 23.6 Å². The summed E-state index contributed by atoms with van der Waals surface area (Å²) in [6.45, 7) is 8.03. The second kappa shape index (κ2) is 8.39. The van der Waals surface area contributed by atoms with Crippen LogP contribution in [0.25, 0.3) is 10.2 Å². The lowest BCUT2D eigenvalue weighted by atomic mass is 9.90. The summed E-state index contributed by atoms with van der Waals surface area (Å²) in [5.74, 6) is 2.00. The topological polar surface area (TPSA) is 47.0 Å². The van der Waals surface area contributed by atoms with E-state index in [0.29, 0.717) is 6.61 Å². The van der Waals surface area contributed by atoms with Gasteiger partial charge >= 0.3 is 0 Å². The first-order valence-electron chi connectivity index (χ1n) is 9.98. The Bertz CT molecular complexity index is 957. The molecule has 1 aromatic carbocycles. The molecule has 148 valence electrons. The second-order valence-corrected chi connectivity index (χ2v) is 9.64. The van der Waals surface area contributed by atoms with Crippen molar-refractivity contribution in [3.05, 3.63) is 46.3 Å². The van der Waals surface area contributed by atoms with Crippen LogP contribution in [0.5, 0.6) is 0 Å². The highest BCUT2D eigenvalue weighted by Crippen LogP contribution is 2.42. The Hall–Kier alpha value is -1.63. The first-order valence-corrected chi connectivity index (χ1v) is 11.8. The van der Waals surface area contributed by atoms with Crippen LogP contribution in [-0.4, -0.2) is 21.3 Å². The number of fused-ring (bicyclic) bond motifs is 3. The molecule has 1 atom stereocenters. The van der Waals surface area contributed by atoms with E-state index in [4.69, 9.17) is 14.7 Å². The van der Waals surface area contributed by atoms with Gasteiger partial charge in [0.1, 0.15) is 10.6 Å². The van der Waals surface area contributed by atoms with Gasteiger partial charge in [0.05, 0.1) is 17.6 Å². The largest absolute Gasteiger partial charge is 0.369 e. The average Bonchev–Trinajstić information content (AvgIpc) is 3.08. The van der Waals surface area contributed by atoms with Crippen LogP contribution >= 0.6 is 23.1 Å². The van der Waals surface area contributed by atoms with Crippen molar-refractivity contribution in [3.8, 4) is 0 Å². The van der Waals surface area contributed by atoms with E-state index in [9.17, 15) is 0 Å². The van der Waals surface area contributed by atoms with Crippen LogP contribution < -0.4 is 5.32 Å². The minimum absolute atomic E-state index is 0.104. The molecule has 1 aliphatic heterocycles. The van der Waals surface area contributed by atoms with E-state index in [1.165, 1.54) is 21.4 Å². The lowest BCUT2D eigenvalue weighted by Crippen LogP contribution is -2.33. The van der Waals surface area contributed by atoms with Crippen LogP contribution in [0, 0.1) is 0 Å². The Morgan fingerprint density at radius 1 is 1.21 bits per heavy atom. The van der Waals surface area contributed by atoms with Crippen LogP contribution in [0.4, 0.5) is 5.82 Å². The molecule has 4 rings (SSSR count). The summed E-state index contributed by atoms with van der Waals surface area (Å²) in [4.78, 5) is 12.2. The van der Waals surface area contributed by atoms with E-state index in [2.05, 4.69) is 50.4 Å². The zero-order valence-electron chi connectivity index (χ0n) is 16.7. The number of thioether (sulfide) groups is 1. The molecule has 0 fully saturated rings. The van der Waals surface area contributed by atoms with Gasteiger partial charge in [-0.1, -0.05) is 55.9 Å². The number of hydrogen-bond acceptors (Lipinski definition) is 6. The Morgan fingerprint density at radius 3 is 2.79 bits per heavy atom. The minimum atomic E-state index is -0.104. The first kappa shape index (κ1) is 19.7. The van der Waals surface area contributed by atoms with Crippen LogP contribution in [0.1, 0.15) is 49.6 Å². The van der Waals surface area contributed by atoms with Gasteiger partial charge in [0.15, 0.2) is 5.16 Å². The summed E-state index contributed by atoms with van der Waals surface area (Å²) in [6.07, 6.45) is 3.04. The molecule has 0 saturated carbocycles. The van der Waals surface area contributed by atoms with E-state index in [0.717, 1.165) is 47.4 Å². The molecule has 0 spiro atoms. The summed E-state index contributed by atoms with van der Waals surface area (Å²) in [5, 5.41) is 5.66. The third-order valence-electron chi connectivity index (χ3n) is 5.30. The number of ether oxygens (including phenoxy) is 1. The molecule has 2 aromatic heterocycles. The van der Waals surface area contributed by atoms with Gasteiger partial charge in [-0.3, -0.25) is 0 Å². The maximum Gasteiger partial charge on any atom is 0.190 e. The molecule has 0 amide bonds. The Labute approximate surface area is 175 Å². The Kier molecular flexibility index (Phi) is 5.90. The number of anilines is 1. The van der Waals surface area contributed by atoms with Gasteiger partial charge in [-0.15, -0.1) is 11.3 Å². The third kappa shape index (κ3) is 4.04. The molecule has 1 N–H and O–H groups in total. The molecular weight excluding hydrogens is 386 g/mol. The fraction of sp³-hybridized carbons (Fsp3) is 0.455. The number of aromatic nitrogens is 2. The molecule has 0 bridgehead atoms. The number of benzene rings is 1. The highest BCUT2D eigenvalue weighted by molar-refractivity contribution is 7.99. The monoisotopic (exact) mass is 413 g/mol. The Morgan fingerprint density at radius 2 is 2.04 bits per heavy atom. The van der Waals surface area contributed by atoms with Gasteiger partial charge in [0.2, 0.25) is 0 Å². The van der Waals surface area contributed by atoms with E-state index in [1.807, 2.05) is 6.07 Å². The van der Waals surface area contributed by atoms with Crippen molar-refractivity contribution < 1.29 is 4.74 Å². The molecular formula is C22H27N3OS2. The van der Waals surface area contributed by atoms with Crippen molar-refractivity contribution >= 4 is 39.1 Å². The van der Waals surface area contributed by atoms with E-state index in [-0.39, 0.29) is 5.60 Å². The molecule has 3 aromatic rings. The summed E-state index contributed by atoms with van der Waals surface area (Å²) in [5.41, 5.74) is 2.52. The summed E-state index contributed by atoms with van der Waals surface area (Å²) >= 11 is 3.50. The van der Waals surface area contributed by atoms with Crippen LogP contribution in [0.3, 0.4) is 0 Å². The number of hydrogen-bond donors (Lipinski definition) is 1. The van der Waals surface area contributed by atoms with E-state index in [1.54, 1.807) is 23.1 Å². The number of nitrogens with zero attached hydrogens (tertiary/aromatic N) is 2. The Balaban J connectivity index is 1.74. The highest BCUT2D eigenvalue weighted by atomic mass is 32.2. The summed E-state index contributed by atoms with van der Waals surface area (Å²) in [6, 6.07) is 10.5. The lowest BCUT2D eigenvalue weighted by Gasteiger charge is -2.33. The predicted molar refractivity (Wildman–Crippen MR) is 119 cm³/mol. The van der Waals surface area contributed by atoms with Crippen molar-refractivity contribution in [1.82, 2.24) is 9.97 Å². The molecule has 0 radical (unpaired) electrons. The molecule has 0 unspecified atom stereocenters. The van der Waals surface area contributed by atoms with Gasteiger partial charge in [-0.05, 0) is 30.9 Å². The molecule has 0 saturated heterocycles.